The van der Waals surface area contributed by atoms with E-state index >= 15 is 0 Å². The minimum Gasteiger partial charge on any atom is -0.480 e. The van der Waals surface area contributed by atoms with Gasteiger partial charge >= 0.3 is 5.97 Å². The fraction of sp³-hybridized carbons (Fsp3) is 0.733. The Morgan fingerprint density at radius 3 is 2.88 bits per heavy atom. The second-order valence-corrected chi connectivity index (χ2v) is 8.29. The SMILES string of the molecule is CCN(CC(=O)O)C1CC(NS(=O)(=O)c2cnn(C3CCOC3)c2)C1. The van der Waals surface area contributed by atoms with Crippen molar-refractivity contribution in [2.45, 2.75) is 49.2 Å². The molecule has 0 spiro atoms. The van der Waals surface area contributed by atoms with Crippen LogP contribution in [0.15, 0.2) is 17.3 Å². The number of nitrogens with one attached hydrogen (secondary N) is 1. The Bertz CT molecular complexity index is 707. The van der Waals surface area contributed by atoms with Gasteiger partial charge in [-0.1, -0.05) is 6.92 Å². The van der Waals surface area contributed by atoms with Crippen molar-refractivity contribution in [3.05, 3.63) is 12.4 Å². The van der Waals surface area contributed by atoms with E-state index < -0.39 is 16.0 Å². The number of hydrogen-bond donors (Lipinski definition) is 2. The molecule has 1 saturated carbocycles. The van der Waals surface area contributed by atoms with Crippen molar-refractivity contribution in [2.75, 3.05) is 26.3 Å². The summed E-state index contributed by atoms with van der Waals surface area (Å²) < 4.78 is 34.6. The zero-order valence-corrected chi connectivity index (χ0v) is 15.0. The molecule has 10 heteroatoms. The highest BCUT2D eigenvalue weighted by atomic mass is 32.2. The Kier molecular flexibility index (Phi) is 5.42. The number of carboxylic acid groups (broad SMARTS) is 1. The smallest absolute Gasteiger partial charge is 0.317 e. The molecule has 1 aliphatic carbocycles. The van der Waals surface area contributed by atoms with Crippen molar-refractivity contribution in [3.8, 4) is 0 Å². The molecule has 1 saturated heterocycles. The average molecular weight is 372 g/mol. The maximum Gasteiger partial charge on any atom is 0.317 e. The quantitative estimate of drug-likeness (QED) is 0.663. The number of ether oxygens (including phenoxy) is 1. The van der Waals surface area contributed by atoms with Gasteiger partial charge in [-0.2, -0.15) is 5.10 Å². The van der Waals surface area contributed by atoms with Gasteiger partial charge in [0, 0.05) is 24.9 Å². The van der Waals surface area contributed by atoms with Crippen LogP contribution < -0.4 is 4.72 Å². The van der Waals surface area contributed by atoms with Gasteiger partial charge in [0.2, 0.25) is 10.0 Å². The summed E-state index contributed by atoms with van der Waals surface area (Å²) in [5.74, 6) is -0.866. The van der Waals surface area contributed by atoms with Crippen LogP contribution in [-0.4, -0.2) is 72.6 Å². The van der Waals surface area contributed by atoms with E-state index in [0.29, 0.717) is 32.6 Å². The lowest BCUT2D eigenvalue weighted by Gasteiger charge is -2.41. The second kappa shape index (κ2) is 7.40. The topological polar surface area (TPSA) is 114 Å². The Balaban J connectivity index is 1.55. The largest absolute Gasteiger partial charge is 0.480 e. The monoisotopic (exact) mass is 372 g/mol. The van der Waals surface area contributed by atoms with Crippen molar-refractivity contribution in [1.29, 1.82) is 0 Å². The van der Waals surface area contributed by atoms with Crippen molar-refractivity contribution >= 4 is 16.0 Å². The summed E-state index contributed by atoms with van der Waals surface area (Å²) in [5, 5.41) is 13.1. The number of carboxylic acids is 1. The molecular formula is C15H24N4O5S. The number of hydrogen-bond acceptors (Lipinski definition) is 6. The third kappa shape index (κ3) is 4.20. The first kappa shape index (κ1) is 18.3. The summed E-state index contributed by atoms with van der Waals surface area (Å²) in [6, 6.07) is 0.0225. The molecule has 1 aromatic rings. The molecule has 2 N–H and O–H groups in total. The van der Waals surface area contributed by atoms with Gasteiger partial charge in [-0.3, -0.25) is 14.4 Å². The van der Waals surface area contributed by atoms with E-state index in [1.165, 1.54) is 6.20 Å². The van der Waals surface area contributed by atoms with E-state index in [2.05, 4.69) is 9.82 Å². The van der Waals surface area contributed by atoms with Crippen LogP contribution in [0.4, 0.5) is 0 Å². The fourth-order valence-electron chi connectivity index (χ4n) is 3.33. The predicted octanol–water partition coefficient (Wildman–Crippen LogP) is 0.0603. The molecule has 2 aliphatic rings. The maximum atomic E-state index is 12.5. The minimum atomic E-state index is -3.62. The predicted molar refractivity (Wildman–Crippen MR) is 88.7 cm³/mol. The molecule has 1 aromatic heterocycles. The summed E-state index contributed by atoms with van der Waals surface area (Å²) in [7, 11) is -3.62. The summed E-state index contributed by atoms with van der Waals surface area (Å²) in [6.45, 7) is 3.74. The van der Waals surface area contributed by atoms with E-state index in [-0.39, 0.29) is 29.6 Å². The molecule has 1 unspecified atom stereocenters. The second-order valence-electron chi connectivity index (χ2n) is 6.57. The number of nitrogens with zero attached hydrogens (tertiary/aromatic N) is 3. The Morgan fingerprint density at radius 1 is 1.52 bits per heavy atom. The van der Waals surface area contributed by atoms with Gasteiger partial charge in [0.25, 0.3) is 0 Å². The number of sulfonamides is 1. The Hall–Kier alpha value is -1.49. The zero-order chi connectivity index (χ0) is 18.0. The standard InChI is InChI=1S/C15H24N4O5S/c1-2-18(9-15(20)21)13-5-11(6-13)17-25(22,23)14-7-16-19(8-14)12-3-4-24-10-12/h7-8,11-13,17H,2-6,9-10H2,1H3,(H,20,21). The molecule has 1 atom stereocenters. The number of rotatable bonds is 8. The third-order valence-electron chi connectivity index (χ3n) is 4.86. The molecule has 140 valence electrons. The highest BCUT2D eigenvalue weighted by Crippen LogP contribution is 2.27. The highest BCUT2D eigenvalue weighted by Gasteiger charge is 2.36. The maximum absolute atomic E-state index is 12.5. The van der Waals surface area contributed by atoms with E-state index in [4.69, 9.17) is 9.84 Å². The zero-order valence-electron chi connectivity index (χ0n) is 14.2. The van der Waals surface area contributed by atoms with Gasteiger partial charge in [0.1, 0.15) is 4.90 Å². The van der Waals surface area contributed by atoms with Crippen LogP contribution in [0.5, 0.6) is 0 Å². The Labute approximate surface area is 147 Å². The summed E-state index contributed by atoms with van der Waals surface area (Å²) in [5.41, 5.74) is 0. The molecule has 3 rings (SSSR count). The molecule has 1 aliphatic heterocycles. The highest BCUT2D eigenvalue weighted by molar-refractivity contribution is 7.89. The van der Waals surface area contributed by atoms with Crippen LogP contribution in [-0.2, 0) is 19.6 Å². The Morgan fingerprint density at radius 2 is 2.28 bits per heavy atom. The lowest BCUT2D eigenvalue weighted by atomic mass is 9.86. The molecule has 2 heterocycles. The van der Waals surface area contributed by atoms with Gasteiger partial charge in [-0.25, -0.2) is 13.1 Å². The van der Waals surface area contributed by atoms with Crippen LogP contribution in [0.2, 0.25) is 0 Å². The lowest BCUT2D eigenvalue weighted by Crippen LogP contribution is -2.54. The van der Waals surface area contributed by atoms with Crippen molar-refractivity contribution < 1.29 is 23.1 Å². The first-order valence-corrected chi connectivity index (χ1v) is 9.97. The number of aromatic nitrogens is 2. The fourth-order valence-corrected chi connectivity index (χ4v) is 4.53. The molecule has 0 amide bonds. The molecule has 2 fully saturated rings. The molecule has 0 bridgehead atoms. The van der Waals surface area contributed by atoms with Gasteiger partial charge in [-0.05, 0) is 25.8 Å². The van der Waals surface area contributed by atoms with E-state index in [1.54, 1.807) is 10.9 Å². The first-order valence-electron chi connectivity index (χ1n) is 8.49. The molecular weight excluding hydrogens is 348 g/mol. The van der Waals surface area contributed by atoms with Crippen molar-refractivity contribution in [3.63, 3.8) is 0 Å². The normalized spacial score (nSPS) is 26.7. The van der Waals surface area contributed by atoms with E-state index in [0.717, 1.165) is 6.42 Å². The van der Waals surface area contributed by atoms with Crippen molar-refractivity contribution in [2.24, 2.45) is 0 Å². The van der Waals surface area contributed by atoms with Crippen LogP contribution in [0.3, 0.4) is 0 Å². The van der Waals surface area contributed by atoms with Gasteiger partial charge in [0.15, 0.2) is 0 Å². The molecule has 9 nitrogen and oxygen atoms in total. The van der Waals surface area contributed by atoms with Gasteiger partial charge in [0.05, 0.1) is 25.4 Å². The molecule has 0 aromatic carbocycles. The van der Waals surface area contributed by atoms with Crippen LogP contribution in [0, 0.1) is 0 Å². The van der Waals surface area contributed by atoms with E-state index in [1.807, 2.05) is 11.8 Å². The van der Waals surface area contributed by atoms with Gasteiger partial charge in [-0.15, -0.1) is 0 Å². The molecule has 0 radical (unpaired) electrons. The summed E-state index contributed by atoms with van der Waals surface area (Å²) in [6.07, 6.45) is 4.96. The number of likely N-dealkylation sites (N-methyl/N-ethyl adjacent to an activating group) is 1. The van der Waals surface area contributed by atoms with Gasteiger partial charge < -0.3 is 9.84 Å². The first-order chi connectivity index (χ1) is 11.9. The van der Waals surface area contributed by atoms with Crippen LogP contribution in [0.25, 0.3) is 0 Å². The number of carbonyl (C=O) groups is 1. The molecule has 25 heavy (non-hydrogen) atoms. The average Bonchev–Trinajstić information content (AvgIpc) is 3.18. The van der Waals surface area contributed by atoms with Crippen LogP contribution >= 0.6 is 0 Å². The lowest BCUT2D eigenvalue weighted by molar-refractivity contribution is -0.139. The van der Waals surface area contributed by atoms with Crippen molar-refractivity contribution in [1.82, 2.24) is 19.4 Å². The summed E-state index contributed by atoms with van der Waals surface area (Å²) in [4.78, 5) is 12.9. The summed E-state index contributed by atoms with van der Waals surface area (Å²) >= 11 is 0. The minimum absolute atomic E-state index is 0.0170. The van der Waals surface area contributed by atoms with E-state index in [9.17, 15) is 13.2 Å². The van der Waals surface area contributed by atoms with Crippen LogP contribution in [0.1, 0.15) is 32.2 Å². The third-order valence-corrected chi connectivity index (χ3v) is 6.34. The number of aliphatic carboxylic acids is 1.